The van der Waals surface area contributed by atoms with Crippen molar-refractivity contribution in [1.82, 2.24) is 0 Å². The molecule has 1 spiro atoms. The Balaban J connectivity index is 1.40. The minimum atomic E-state index is -1.05. The second-order valence-corrected chi connectivity index (χ2v) is 15.8. The molecule has 0 aromatic heterocycles. The van der Waals surface area contributed by atoms with Crippen molar-refractivity contribution in [2.45, 2.75) is 130 Å². The van der Waals surface area contributed by atoms with Crippen LogP contribution in [0.25, 0.3) is 0 Å². The maximum Gasteiger partial charge on any atom is 0.313 e. The minimum absolute atomic E-state index is 0.0133. The van der Waals surface area contributed by atoms with E-state index in [0.717, 1.165) is 38.5 Å². The van der Waals surface area contributed by atoms with Crippen LogP contribution in [0.3, 0.4) is 0 Å². The summed E-state index contributed by atoms with van der Waals surface area (Å²) >= 11 is 0. The van der Waals surface area contributed by atoms with E-state index < -0.39 is 22.0 Å². The number of ether oxygens (including phenoxy) is 2. The van der Waals surface area contributed by atoms with Gasteiger partial charge in [-0.3, -0.25) is 9.59 Å². The van der Waals surface area contributed by atoms with Crippen LogP contribution in [-0.2, 0) is 19.1 Å². The zero-order chi connectivity index (χ0) is 25.2. The number of ketones is 1. The summed E-state index contributed by atoms with van der Waals surface area (Å²) in [5.41, 5.74) is -3.29. The average molecular weight is 485 g/mol. The number of carbonyl (C=O) groups excluding carboxylic acids is 2. The number of carbonyl (C=O) groups is 2. The van der Waals surface area contributed by atoms with Gasteiger partial charge in [-0.2, -0.15) is 0 Å². The number of fused-ring (bicyclic) bond motifs is 6. The van der Waals surface area contributed by atoms with Crippen molar-refractivity contribution in [3.8, 4) is 0 Å². The standard InChI is InChI=1S/C30H44O5/c1-23(2)10-13-28-14-12-27(7)25(5)11-15-29(33)24(3,4)18(31)8-9-26(29,6)20(25)19-21(34-19)30(27,17(28)16-23)35-22(28)32/h17,19-21,33H,8-16H2,1-7H3/t17-,19+,20+,21+,25-,26-,27+,28+,29+,30-/m1/s1. The molecule has 1 N–H and O–H groups in total. The highest BCUT2D eigenvalue weighted by molar-refractivity contribution is 5.87. The van der Waals surface area contributed by atoms with Gasteiger partial charge < -0.3 is 14.6 Å². The highest BCUT2D eigenvalue weighted by Crippen LogP contribution is 2.83. The number of hydrogen-bond donors (Lipinski definition) is 1. The first-order valence-electron chi connectivity index (χ1n) is 14.2. The van der Waals surface area contributed by atoms with E-state index in [9.17, 15) is 14.7 Å². The molecule has 2 saturated heterocycles. The summed E-state index contributed by atoms with van der Waals surface area (Å²) in [6.07, 6.45) is 7.51. The van der Waals surface area contributed by atoms with Crippen LogP contribution in [0.1, 0.15) is 106 Å². The van der Waals surface area contributed by atoms with Crippen LogP contribution >= 0.6 is 0 Å². The Labute approximate surface area is 210 Å². The van der Waals surface area contributed by atoms with Crippen LogP contribution in [0, 0.1) is 44.3 Å². The lowest BCUT2D eigenvalue weighted by Gasteiger charge is -2.73. The molecule has 35 heavy (non-hydrogen) atoms. The summed E-state index contributed by atoms with van der Waals surface area (Å²) in [6.45, 7) is 15.7. The largest absolute Gasteiger partial charge is 0.455 e. The lowest BCUT2D eigenvalue weighted by Crippen LogP contribution is -2.78. The third-order valence-electron chi connectivity index (χ3n) is 14.3. The first kappa shape index (κ1) is 23.2. The van der Waals surface area contributed by atoms with Gasteiger partial charge in [0.15, 0.2) is 5.60 Å². The lowest BCUT2D eigenvalue weighted by molar-refractivity contribution is -0.301. The number of esters is 1. The summed E-state index contributed by atoms with van der Waals surface area (Å²) in [6, 6.07) is 0. The Bertz CT molecular complexity index is 1060. The molecule has 5 heteroatoms. The number of rotatable bonds is 0. The second-order valence-electron chi connectivity index (χ2n) is 15.8. The van der Waals surface area contributed by atoms with Crippen molar-refractivity contribution in [1.29, 1.82) is 0 Å². The summed E-state index contributed by atoms with van der Waals surface area (Å²) in [5, 5.41) is 12.4. The van der Waals surface area contributed by atoms with Gasteiger partial charge in [0.05, 0.1) is 22.5 Å². The molecule has 5 nitrogen and oxygen atoms in total. The SMILES string of the molecule is CC1(C)CC[C@@]23CC[C@]4(C)[C@@](OC2=O)([C@@H]3C1)[C@H]1O[C@H]1[C@H]1[C@@]4(C)CC[C@]2(O)C(C)(C)C(=O)CC[C@]12C. The molecule has 0 unspecified atom stereocenters. The molecule has 2 aliphatic heterocycles. The fourth-order valence-corrected chi connectivity index (χ4v) is 11.8. The third kappa shape index (κ3) is 2.07. The van der Waals surface area contributed by atoms with Crippen molar-refractivity contribution in [2.24, 2.45) is 44.3 Å². The van der Waals surface area contributed by atoms with Gasteiger partial charge in [-0.15, -0.1) is 0 Å². The number of epoxide rings is 1. The van der Waals surface area contributed by atoms with E-state index in [2.05, 4.69) is 34.6 Å². The molecular formula is C30H44O5. The van der Waals surface area contributed by atoms with Crippen LogP contribution in [0.15, 0.2) is 0 Å². The van der Waals surface area contributed by atoms with Crippen LogP contribution in [0.5, 0.6) is 0 Å². The van der Waals surface area contributed by atoms with Gasteiger partial charge in [0, 0.05) is 29.1 Å². The molecule has 2 heterocycles. The maximum atomic E-state index is 13.8. The first-order chi connectivity index (χ1) is 16.1. The minimum Gasteiger partial charge on any atom is -0.455 e. The smallest absolute Gasteiger partial charge is 0.313 e. The molecule has 7 fully saturated rings. The summed E-state index contributed by atoms with van der Waals surface area (Å²) < 4.78 is 13.5. The van der Waals surface area contributed by atoms with Gasteiger partial charge in [0.25, 0.3) is 0 Å². The maximum absolute atomic E-state index is 13.8. The zero-order valence-electron chi connectivity index (χ0n) is 22.8. The second kappa shape index (κ2) is 5.87. The normalized spacial score (nSPS) is 60.9. The van der Waals surface area contributed by atoms with Gasteiger partial charge in [0.1, 0.15) is 11.9 Å². The van der Waals surface area contributed by atoms with Crippen LogP contribution in [0.4, 0.5) is 0 Å². The summed E-state index contributed by atoms with van der Waals surface area (Å²) in [7, 11) is 0. The predicted octanol–water partition coefficient (Wildman–Crippen LogP) is 5.22. The molecule has 5 saturated carbocycles. The molecule has 10 atom stereocenters. The quantitative estimate of drug-likeness (QED) is 0.377. The Morgan fingerprint density at radius 2 is 1.51 bits per heavy atom. The van der Waals surface area contributed by atoms with Gasteiger partial charge >= 0.3 is 5.97 Å². The highest BCUT2D eigenvalue weighted by atomic mass is 16.6. The lowest BCUT2D eigenvalue weighted by atomic mass is 9.30. The fraction of sp³-hybridized carbons (Fsp3) is 0.933. The van der Waals surface area contributed by atoms with Gasteiger partial charge in [-0.05, 0) is 62.2 Å². The van der Waals surface area contributed by atoms with Gasteiger partial charge in [0.2, 0.25) is 0 Å². The number of Topliss-reactive ketones (excluding diaryl/α,β-unsaturated/α-hetero) is 1. The van der Waals surface area contributed by atoms with E-state index in [1.807, 2.05) is 13.8 Å². The van der Waals surface area contributed by atoms with E-state index in [1.54, 1.807) is 0 Å². The van der Waals surface area contributed by atoms with Gasteiger partial charge in [-0.1, -0.05) is 48.5 Å². The molecule has 5 aliphatic carbocycles. The molecule has 194 valence electrons. The predicted molar refractivity (Wildman–Crippen MR) is 130 cm³/mol. The first-order valence-corrected chi connectivity index (χ1v) is 14.2. The summed E-state index contributed by atoms with van der Waals surface area (Å²) in [4.78, 5) is 26.8. The number of hydrogen-bond acceptors (Lipinski definition) is 5. The van der Waals surface area contributed by atoms with E-state index >= 15 is 0 Å². The topological polar surface area (TPSA) is 76.1 Å². The number of aliphatic hydroxyl groups is 1. The molecule has 0 aromatic carbocycles. The van der Waals surface area contributed by atoms with Crippen LogP contribution in [-0.4, -0.2) is 40.3 Å². The zero-order valence-corrected chi connectivity index (χ0v) is 22.8. The van der Waals surface area contributed by atoms with Crippen molar-refractivity contribution >= 4 is 11.8 Å². The molecule has 0 amide bonds. The van der Waals surface area contributed by atoms with Crippen molar-refractivity contribution in [3.63, 3.8) is 0 Å². The monoisotopic (exact) mass is 484 g/mol. The molecule has 0 radical (unpaired) electrons. The average Bonchev–Trinajstić information content (AvgIpc) is 3.52. The van der Waals surface area contributed by atoms with E-state index in [0.29, 0.717) is 19.3 Å². The molecule has 7 rings (SSSR count). The Hall–Kier alpha value is -0.940. The highest BCUT2D eigenvalue weighted by Gasteiger charge is 2.90. The van der Waals surface area contributed by atoms with E-state index in [4.69, 9.17) is 9.47 Å². The van der Waals surface area contributed by atoms with Crippen molar-refractivity contribution in [2.75, 3.05) is 0 Å². The van der Waals surface area contributed by atoms with E-state index in [-0.39, 0.29) is 57.5 Å². The molecule has 2 bridgehead atoms. The van der Waals surface area contributed by atoms with E-state index in [1.165, 1.54) is 0 Å². The molecular weight excluding hydrogens is 440 g/mol. The Kier molecular flexibility index (Phi) is 3.89. The van der Waals surface area contributed by atoms with Crippen molar-refractivity contribution in [3.05, 3.63) is 0 Å². The Morgan fingerprint density at radius 1 is 0.829 bits per heavy atom. The van der Waals surface area contributed by atoms with Gasteiger partial charge in [-0.25, -0.2) is 0 Å². The van der Waals surface area contributed by atoms with Crippen molar-refractivity contribution < 1.29 is 24.2 Å². The van der Waals surface area contributed by atoms with Crippen LogP contribution in [0.2, 0.25) is 0 Å². The Morgan fingerprint density at radius 3 is 2.23 bits per heavy atom. The molecule has 0 aromatic rings. The van der Waals surface area contributed by atoms with Crippen LogP contribution < -0.4 is 0 Å². The fourth-order valence-electron chi connectivity index (χ4n) is 11.8. The third-order valence-corrected chi connectivity index (χ3v) is 14.3. The summed E-state index contributed by atoms with van der Waals surface area (Å²) in [5.74, 6) is 0.575. The molecule has 7 aliphatic rings.